The van der Waals surface area contributed by atoms with E-state index < -0.39 is 0 Å². The van der Waals surface area contributed by atoms with Gasteiger partial charge < -0.3 is 10.6 Å². The lowest BCUT2D eigenvalue weighted by molar-refractivity contribution is 0.902. The molecule has 0 radical (unpaired) electrons. The number of hydrogen-bond acceptors (Lipinski definition) is 5. The quantitative estimate of drug-likeness (QED) is 0.772. The van der Waals surface area contributed by atoms with Gasteiger partial charge in [0.2, 0.25) is 5.95 Å². The lowest BCUT2D eigenvalue weighted by Gasteiger charge is -2.19. The van der Waals surface area contributed by atoms with Crippen LogP contribution in [-0.2, 0) is 6.54 Å². The van der Waals surface area contributed by atoms with E-state index in [1.807, 2.05) is 36.2 Å². The Bertz CT molecular complexity index is 753. The van der Waals surface area contributed by atoms with E-state index in [4.69, 9.17) is 17.3 Å². The van der Waals surface area contributed by atoms with Gasteiger partial charge >= 0.3 is 0 Å². The fourth-order valence-corrected chi connectivity index (χ4v) is 2.32. The van der Waals surface area contributed by atoms with Gasteiger partial charge in [0, 0.05) is 18.6 Å². The molecular formula is C13H13ClN6. The minimum atomic E-state index is 0.217. The second kappa shape index (κ2) is 4.97. The largest absolute Gasteiger partial charge is 0.368 e. The molecule has 3 rings (SSSR count). The van der Waals surface area contributed by atoms with Crippen molar-refractivity contribution in [2.75, 3.05) is 17.7 Å². The Morgan fingerprint density at radius 1 is 1.35 bits per heavy atom. The van der Waals surface area contributed by atoms with Crippen molar-refractivity contribution in [1.82, 2.24) is 20.2 Å². The summed E-state index contributed by atoms with van der Waals surface area (Å²) >= 11 is 6.00. The van der Waals surface area contributed by atoms with Crippen LogP contribution in [-0.4, -0.2) is 27.2 Å². The Hall–Kier alpha value is -2.34. The number of fused-ring (bicyclic) bond motifs is 1. The van der Waals surface area contributed by atoms with E-state index in [0.717, 1.165) is 16.8 Å². The van der Waals surface area contributed by atoms with Crippen molar-refractivity contribution in [2.24, 2.45) is 0 Å². The number of nitrogens with one attached hydrogen (secondary N) is 1. The molecule has 7 heteroatoms. The van der Waals surface area contributed by atoms with Gasteiger partial charge in [0.05, 0.1) is 11.6 Å². The number of aromatic nitrogens is 4. The number of rotatable bonds is 3. The molecule has 0 saturated heterocycles. The highest BCUT2D eigenvalue weighted by Crippen LogP contribution is 2.23. The molecular weight excluding hydrogens is 276 g/mol. The lowest BCUT2D eigenvalue weighted by atomic mass is 10.2. The molecule has 0 aliphatic heterocycles. The smallest absolute Gasteiger partial charge is 0.224 e. The number of benzene rings is 1. The highest BCUT2D eigenvalue weighted by Gasteiger charge is 2.12. The molecule has 102 valence electrons. The van der Waals surface area contributed by atoms with Crippen LogP contribution in [0.15, 0.2) is 30.5 Å². The summed E-state index contributed by atoms with van der Waals surface area (Å²) in [4.78, 5) is 10.4. The molecule has 0 saturated carbocycles. The molecule has 1 aromatic carbocycles. The summed E-state index contributed by atoms with van der Waals surface area (Å²) in [6, 6.07) is 7.71. The molecule has 3 aromatic rings. The highest BCUT2D eigenvalue weighted by molar-refractivity contribution is 6.30. The molecule has 20 heavy (non-hydrogen) atoms. The molecule has 6 nitrogen and oxygen atoms in total. The zero-order valence-electron chi connectivity index (χ0n) is 10.8. The van der Waals surface area contributed by atoms with Gasteiger partial charge in [0.1, 0.15) is 5.82 Å². The SMILES string of the molecule is CN(Cc1cccc(Cl)c1)c1nc(N)nc2[nH]ncc12. The molecule has 0 atom stereocenters. The molecule has 0 fully saturated rings. The maximum atomic E-state index is 6.00. The van der Waals surface area contributed by atoms with E-state index in [9.17, 15) is 0 Å². The van der Waals surface area contributed by atoms with Gasteiger partial charge in [-0.05, 0) is 17.7 Å². The van der Waals surface area contributed by atoms with Crippen LogP contribution in [0.1, 0.15) is 5.56 Å². The summed E-state index contributed by atoms with van der Waals surface area (Å²) in [5.74, 6) is 0.955. The van der Waals surface area contributed by atoms with Crippen LogP contribution in [0, 0.1) is 0 Å². The summed E-state index contributed by atoms with van der Waals surface area (Å²) in [6.07, 6.45) is 1.69. The van der Waals surface area contributed by atoms with Crippen molar-refractivity contribution >= 4 is 34.4 Å². The average molecular weight is 289 g/mol. The van der Waals surface area contributed by atoms with Gasteiger partial charge in [0.25, 0.3) is 0 Å². The second-order valence-corrected chi connectivity index (χ2v) is 4.96. The number of anilines is 2. The molecule has 0 amide bonds. The van der Waals surface area contributed by atoms with E-state index in [1.54, 1.807) is 6.20 Å². The Morgan fingerprint density at radius 2 is 2.20 bits per heavy atom. The van der Waals surface area contributed by atoms with Crippen molar-refractivity contribution < 1.29 is 0 Å². The van der Waals surface area contributed by atoms with Crippen LogP contribution in [0.3, 0.4) is 0 Å². The Kier molecular flexibility index (Phi) is 3.15. The third kappa shape index (κ3) is 2.37. The summed E-state index contributed by atoms with van der Waals surface area (Å²) in [7, 11) is 1.94. The Morgan fingerprint density at radius 3 is 3.00 bits per heavy atom. The Labute approximate surface area is 120 Å². The highest BCUT2D eigenvalue weighted by atomic mass is 35.5. The number of halogens is 1. The molecule has 0 aliphatic carbocycles. The first-order valence-corrected chi connectivity index (χ1v) is 6.43. The average Bonchev–Trinajstić information content (AvgIpc) is 2.85. The molecule has 0 spiro atoms. The molecule has 2 heterocycles. The molecule has 2 aromatic heterocycles. The van der Waals surface area contributed by atoms with Gasteiger partial charge in [-0.25, -0.2) is 0 Å². The van der Waals surface area contributed by atoms with Crippen molar-refractivity contribution in [3.05, 3.63) is 41.0 Å². The first kappa shape index (κ1) is 12.7. The van der Waals surface area contributed by atoms with Crippen LogP contribution in [0.5, 0.6) is 0 Å². The normalized spacial score (nSPS) is 10.9. The van der Waals surface area contributed by atoms with Crippen LogP contribution >= 0.6 is 11.6 Å². The van der Waals surface area contributed by atoms with Crippen LogP contribution in [0.25, 0.3) is 11.0 Å². The molecule has 3 N–H and O–H groups in total. The summed E-state index contributed by atoms with van der Waals surface area (Å²) < 4.78 is 0. The van der Waals surface area contributed by atoms with Crippen molar-refractivity contribution in [2.45, 2.75) is 6.54 Å². The van der Waals surface area contributed by atoms with Crippen molar-refractivity contribution in [3.63, 3.8) is 0 Å². The van der Waals surface area contributed by atoms with Crippen molar-refractivity contribution in [3.8, 4) is 0 Å². The molecule has 0 bridgehead atoms. The van der Waals surface area contributed by atoms with Gasteiger partial charge in [-0.2, -0.15) is 15.1 Å². The number of H-pyrrole nitrogens is 1. The van der Waals surface area contributed by atoms with Gasteiger partial charge in [0.15, 0.2) is 5.65 Å². The number of nitrogen functional groups attached to an aromatic ring is 1. The van der Waals surface area contributed by atoms with Gasteiger partial charge in [-0.1, -0.05) is 23.7 Å². The summed E-state index contributed by atoms with van der Waals surface area (Å²) in [6.45, 7) is 0.664. The van der Waals surface area contributed by atoms with Crippen LogP contribution < -0.4 is 10.6 Å². The van der Waals surface area contributed by atoms with E-state index >= 15 is 0 Å². The maximum Gasteiger partial charge on any atom is 0.224 e. The fourth-order valence-electron chi connectivity index (χ4n) is 2.11. The first-order chi connectivity index (χ1) is 9.63. The third-order valence-corrected chi connectivity index (χ3v) is 3.21. The van der Waals surface area contributed by atoms with Crippen LogP contribution in [0.4, 0.5) is 11.8 Å². The predicted octanol–water partition coefficient (Wildman–Crippen LogP) is 2.22. The number of hydrogen-bond donors (Lipinski definition) is 2. The predicted molar refractivity (Wildman–Crippen MR) is 79.7 cm³/mol. The second-order valence-electron chi connectivity index (χ2n) is 4.52. The third-order valence-electron chi connectivity index (χ3n) is 2.98. The first-order valence-electron chi connectivity index (χ1n) is 6.05. The van der Waals surface area contributed by atoms with Gasteiger partial charge in [-0.15, -0.1) is 0 Å². The number of nitrogens with two attached hydrogens (primary N) is 1. The zero-order chi connectivity index (χ0) is 14.1. The minimum Gasteiger partial charge on any atom is -0.368 e. The number of aromatic amines is 1. The Balaban J connectivity index is 1.96. The zero-order valence-corrected chi connectivity index (χ0v) is 11.6. The van der Waals surface area contributed by atoms with E-state index in [-0.39, 0.29) is 5.95 Å². The maximum absolute atomic E-state index is 6.00. The summed E-state index contributed by atoms with van der Waals surface area (Å²) in [5, 5.41) is 8.33. The summed E-state index contributed by atoms with van der Waals surface area (Å²) in [5.41, 5.74) is 7.44. The fraction of sp³-hybridized carbons (Fsp3) is 0.154. The monoisotopic (exact) mass is 288 g/mol. The van der Waals surface area contributed by atoms with E-state index in [0.29, 0.717) is 17.2 Å². The minimum absolute atomic E-state index is 0.217. The van der Waals surface area contributed by atoms with E-state index in [2.05, 4.69) is 20.2 Å². The lowest BCUT2D eigenvalue weighted by Crippen LogP contribution is -2.18. The number of nitrogens with zero attached hydrogens (tertiary/aromatic N) is 4. The topological polar surface area (TPSA) is 83.7 Å². The van der Waals surface area contributed by atoms with Crippen LogP contribution in [0.2, 0.25) is 5.02 Å². The van der Waals surface area contributed by atoms with Crippen molar-refractivity contribution in [1.29, 1.82) is 0 Å². The van der Waals surface area contributed by atoms with E-state index in [1.165, 1.54) is 0 Å². The standard InChI is InChI=1S/C13H13ClN6/c1-20(7-8-3-2-4-9(14)5-8)12-10-6-16-19-11(10)17-13(15)18-12/h2-6H,7H2,1H3,(H3,15,16,17,18,19). The molecule has 0 unspecified atom stereocenters. The molecule has 0 aliphatic rings. The van der Waals surface area contributed by atoms with Gasteiger partial charge in [-0.3, -0.25) is 5.10 Å².